The molecule has 0 bridgehead atoms. The number of hydrogen-bond acceptors (Lipinski definition) is 0. The summed E-state index contributed by atoms with van der Waals surface area (Å²) in [5, 5.41) is 0. The summed E-state index contributed by atoms with van der Waals surface area (Å²) in [6.07, 6.45) is 1.05. The SMILES string of the molecule is [Zr+2]=[C](c1ccccc1)c1ccccc1.[c-]1cccc2c1Cc1ccccc1-2.c1cc[cH-]c1. The Bertz CT molecular complexity index is 1130. The molecule has 0 saturated carbocycles. The van der Waals surface area contributed by atoms with E-state index in [0.29, 0.717) is 0 Å². The Kier molecular flexibility index (Phi) is 8.01. The van der Waals surface area contributed by atoms with Crippen LogP contribution in [0.4, 0.5) is 0 Å². The fraction of sp³-hybridized carbons (Fsp3) is 0.0323. The van der Waals surface area contributed by atoms with E-state index < -0.39 is 0 Å². The van der Waals surface area contributed by atoms with E-state index in [2.05, 4.69) is 103 Å². The summed E-state index contributed by atoms with van der Waals surface area (Å²) in [6, 6.07) is 49.2. The van der Waals surface area contributed by atoms with Crippen molar-refractivity contribution in [2.75, 3.05) is 0 Å². The topological polar surface area (TPSA) is 0 Å². The normalized spacial score (nSPS) is 10.6. The van der Waals surface area contributed by atoms with Gasteiger partial charge in [-0.25, -0.2) is 12.1 Å². The maximum absolute atomic E-state index is 3.30. The van der Waals surface area contributed by atoms with Crippen molar-refractivity contribution in [3.63, 3.8) is 0 Å². The van der Waals surface area contributed by atoms with Gasteiger partial charge >= 0.3 is 99.2 Å². The molecule has 0 nitrogen and oxygen atoms in total. The fourth-order valence-electron chi connectivity index (χ4n) is 3.69. The van der Waals surface area contributed by atoms with Crippen molar-refractivity contribution >= 4 is 3.21 Å². The van der Waals surface area contributed by atoms with Crippen LogP contribution in [0, 0.1) is 6.07 Å². The Balaban J connectivity index is 0.000000127. The molecule has 0 amide bonds. The van der Waals surface area contributed by atoms with Crippen LogP contribution in [0.25, 0.3) is 11.1 Å². The van der Waals surface area contributed by atoms with Gasteiger partial charge < -0.3 is 0 Å². The molecule has 0 unspecified atom stereocenters. The summed E-state index contributed by atoms with van der Waals surface area (Å²) in [5.41, 5.74) is 8.17. The van der Waals surface area contributed by atoms with Crippen LogP contribution in [-0.4, -0.2) is 3.21 Å². The van der Waals surface area contributed by atoms with Crippen molar-refractivity contribution < 1.29 is 24.2 Å². The van der Waals surface area contributed by atoms with Crippen LogP contribution in [0.15, 0.2) is 133 Å². The van der Waals surface area contributed by atoms with Gasteiger partial charge in [0.15, 0.2) is 0 Å². The first-order chi connectivity index (χ1) is 15.8. The minimum atomic E-state index is 1.05. The van der Waals surface area contributed by atoms with Gasteiger partial charge in [-0.15, -0.1) is 5.56 Å². The Morgan fingerprint density at radius 2 is 1.19 bits per heavy atom. The van der Waals surface area contributed by atoms with Gasteiger partial charge in [0.05, 0.1) is 0 Å². The van der Waals surface area contributed by atoms with E-state index in [9.17, 15) is 0 Å². The van der Waals surface area contributed by atoms with E-state index in [-0.39, 0.29) is 0 Å². The first-order valence-corrected chi connectivity index (χ1v) is 12.0. The Hall–Kier alpha value is -3.02. The summed E-state index contributed by atoms with van der Waals surface area (Å²) < 4.78 is 1.42. The summed E-state index contributed by atoms with van der Waals surface area (Å²) in [7, 11) is 0. The summed E-state index contributed by atoms with van der Waals surface area (Å²) in [6.45, 7) is 0. The largest absolute Gasteiger partial charge is 0.214 e. The Labute approximate surface area is 205 Å². The molecule has 0 N–H and O–H groups in total. The van der Waals surface area contributed by atoms with Gasteiger partial charge in [-0.1, -0.05) is 35.4 Å². The zero-order chi connectivity index (χ0) is 22.0. The van der Waals surface area contributed by atoms with Gasteiger partial charge in [-0.05, 0) is 6.42 Å². The number of hydrogen-bond donors (Lipinski definition) is 0. The Morgan fingerprint density at radius 3 is 1.78 bits per heavy atom. The third kappa shape index (κ3) is 5.81. The molecule has 5 aromatic carbocycles. The molecule has 1 aliphatic carbocycles. The van der Waals surface area contributed by atoms with Crippen molar-refractivity contribution in [2.45, 2.75) is 6.42 Å². The molecule has 0 aliphatic heterocycles. The van der Waals surface area contributed by atoms with Crippen molar-refractivity contribution in [1.29, 1.82) is 0 Å². The van der Waals surface area contributed by atoms with E-state index in [1.165, 1.54) is 60.8 Å². The molecule has 5 aromatic rings. The third-order valence-electron chi connectivity index (χ3n) is 5.30. The minimum Gasteiger partial charge on any atom is -0.214 e. The molecule has 32 heavy (non-hydrogen) atoms. The van der Waals surface area contributed by atoms with Crippen molar-refractivity contribution in [2.24, 2.45) is 0 Å². The maximum atomic E-state index is 3.30. The molecule has 0 radical (unpaired) electrons. The van der Waals surface area contributed by atoms with Crippen molar-refractivity contribution in [1.82, 2.24) is 0 Å². The van der Waals surface area contributed by atoms with Gasteiger partial charge in [0, 0.05) is 0 Å². The molecule has 0 saturated heterocycles. The van der Waals surface area contributed by atoms with Crippen LogP contribution in [0.5, 0.6) is 0 Å². The van der Waals surface area contributed by atoms with Gasteiger partial charge in [0.25, 0.3) is 0 Å². The average Bonchev–Trinajstić information content (AvgIpc) is 3.57. The van der Waals surface area contributed by atoms with E-state index in [1.807, 2.05) is 36.4 Å². The summed E-state index contributed by atoms with van der Waals surface area (Å²) >= 11 is 1.46. The number of rotatable bonds is 2. The van der Waals surface area contributed by atoms with E-state index in [4.69, 9.17) is 0 Å². The molecule has 1 aliphatic rings. The predicted octanol–water partition coefficient (Wildman–Crippen LogP) is 7.27. The third-order valence-corrected chi connectivity index (χ3v) is 6.72. The van der Waals surface area contributed by atoms with Crippen LogP contribution in [0.1, 0.15) is 22.3 Å². The molecular weight excluding hydrogens is 464 g/mol. The monoisotopic (exact) mass is 486 g/mol. The molecule has 0 heterocycles. The van der Waals surface area contributed by atoms with Crippen molar-refractivity contribution in [3.05, 3.63) is 162 Å². The molecule has 152 valence electrons. The predicted molar refractivity (Wildman–Crippen MR) is 132 cm³/mol. The average molecular weight is 488 g/mol. The minimum absolute atomic E-state index is 1.05. The van der Waals surface area contributed by atoms with Crippen molar-refractivity contribution in [3.8, 4) is 11.1 Å². The first kappa shape index (κ1) is 22.2. The molecule has 6 rings (SSSR count). The van der Waals surface area contributed by atoms with Crippen LogP contribution in [-0.2, 0) is 30.7 Å². The van der Waals surface area contributed by atoms with Gasteiger partial charge in [-0.3, -0.25) is 0 Å². The number of fused-ring (bicyclic) bond motifs is 3. The van der Waals surface area contributed by atoms with Gasteiger partial charge in [0.2, 0.25) is 0 Å². The fourth-order valence-corrected chi connectivity index (χ4v) is 4.51. The van der Waals surface area contributed by atoms with Crippen LogP contribution in [0.2, 0.25) is 0 Å². The van der Waals surface area contributed by atoms with Gasteiger partial charge in [0.1, 0.15) is 0 Å². The second-order valence-corrected chi connectivity index (χ2v) is 8.69. The quantitative estimate of drug-likeness (QED) is 0.225. The molecule has 0 spiro atoms. The molecule has 0 aromatic heterocycles. The molecule has 0 atom stereocenters. The second kappa shape index (κ2) is 11.6. The zero-order valence-electron chi connectivity index (χ0n) is 17.9. The second-order valence-electron chi connectivity index (χ2n) is 7.47. The van der Waals surface area contributed by atoms with Crippen LogP contribution >= 0.6 is 0 Å². The van der Waals surface area contributed by atoms with Gasteiger partial charge in [-0.2, -0.15) is 48.0 Å². The Morgan fingerprint density at radius 1 is 0.625 bits per heavy atom. The van der Waals surface area contributed by atoms with E-state index >= 15 is 0 Å². The zero-order valence-corrected chi connectivity index (χ0v) is 20.4. The van der Waals surface area contributed by atoms with E-state index in [0.717, 1.165) is 6.42 Å². The molecular formula is C31H24Zr. The first-order valence-electron chi connectivity index (χ1n) is 10.8. The molecule has 1 heteroatoms. The van der Waals surface area contributed by atoms with Crippen LogP contribution < -0.4 is 0 Å². The molecule has 0 fully saturated rings. The van der Waals surface area contributed by atoms with E-state index in [1.54, 1.807) is 0 Å². The smallest absolute Gasteiger partial charge is 0.0253 e. The maximum Gasteiger partial charge on any atom is -0.0253 e. The van der Waals surface area contributed by atoms with Crippen LogP contribution in [0.3, 0.4) is 0 Å². The standard InChI is InChI=1S/C13H9.C13H10.C5H5.Zr/c1-3-7-12-10(5-1)9-11-6-2-4-8-13(11)12;1-3-7-12(8-4-1)11-13-9-5-2-6-10-13;1-2-4-5-3-1;/h1-5,7-8H,9H2;1-10H;1-5H;/q-1;;-1;+2. The summed E-state index contributed by atoms with van der Waals surface area (Å²) in [4.78, 5) is 0. The number of benzene rings is 4. The summed E-state index contributed by atoms with van der Waals surface area (Å²) in [5.74, 6) is 0.